The highest BCUT2D eigenvalue weighted by Crippen LogP contribution is 2.39. The lowest BCUT2D eigenvalue weighted by Gasteiger charge is -2.50. The number of hydrogen-bond acceptors (Lipinski definition) is 44. The van der Waals surface area contributed by atoms with Crippen molar-refractivity contribution in [2.45, 2.75) is 240 Å². The van der Waals surface area contributed by atoms with Gasteiger partial charge in [-0.2, -0.15) is 4.98 Å². The fourth-order valence-corrected chi connectivity index (χ4v) is 13.8. The molecule has 28 N–H and O–H groups in total. The van der Waals surface area contributed by atoms with Crippen LogP contribution in [0.25, 0.3) is 11.2 Å². The van der Waals surface area contributed by atoms with Crippen LogP contribution in [-0.4, -0.2) is 425 Å². The van der Waals surface area contributed by atoms with E-state index in [9.17, 15) is 126 Å². The Bertz CT molecular complexity index is 3580. The molecule has 0 saturated carbocycles. The van der Waals surface area contributed by atoms with Gasteiger partial charge >= 0.3 is 5.97 Å². The number of carboxylic acid groups (broad SMARTS) is 1. The zero-order chi connectivity index (χ0) is 80.1. The van der Waals surface area contributed by atoms with Gasteiger partial charge in [0.1, 0.15) is 177 Å². The van der Waals surface area contributed by atoms with Gasteiger partial charge in [0.05, 0.1) is 58.1 Å². The maximum absolute atomic E-state index is 13.2. The average Bonchev–Trinajstić information content (AvgIpc) is 0.803. The molecule has 624 valence electrons. The third-order valence-electron chi connectivity index (χ3n) is 19.9. The molecule has 0 aliphatic carbocycles. The van der Waals surface area contributed by atoms with E-state index in [0.29, 0.717) is 11.4 Å². The number of rotatable bonds is 20. The van der Waals surface area contributed by atoms with Crippen molar-refractivity contribution in [3.8, 4) is 0 Å². The van der Waals surface area contributed by atoms with Crippen LogP contribution in [0.15, 0.2) is 35.3 Å². The van der Waals surface area contributed by atoms with Gasteiger partial charge < -0.3 is 201 Å². The number of anilines is 2. The number of fused-ring (bicyclic) bond motifs is 1. The number of aromatic amines is 1. The highest BCUT2D eigenvalue weighted by molar-refractivity contribution is 5.97. The van der Waals surface area contributed by atoms with E-state index in [0.717, 1.165) is 0 Å². The standard InChI is InChI=1S/C63H93N9O39/c64-63-71-52-30(54(95)72-63)69-20(10-68-52)9-67-19-3-1-18(2-4-19)53(94)70-21(55(96)97)5-6-29(79)66-8-7-65-11-22-45-31(80)38(87)56(98-22)106-46-23(12-73)100-58(40(89)33(46)82)108-48-25(14-75)102-60(42(91)35(48)84)110-50-27(16-77)104-62(44(93)37(50)86)111-51-28(17-78)103-61(43(92)36(51)85)109-49-26(15-76)101-59(41(90)34(49)83)107-47-24(13-74)99-57(105-45)39(88)32(47)81/h1-4,10,21-28,31-51,56-62,65,67,73-78,80-93H,5-9,11-17H2,(H,66,79)(H,70,94)(H,96,97)(H3,64,68,71,72,95)/t21?,22-,23-,24-,25-,26-,27-,28-,31-,32-,33-,34-,35-,36-,37-,38-,39-,40-,41-,42-,43-,44-,45-,46-,47-,48-,49-,50-,51-,56-,57-,58-,59-,60-,61-,62-/m1/s1. The van der Waals surface area contributed by atoms with Gasteiger partial charge in [0, 0.05) is 37.3 Å². The number of aromatic nitrogens is 4. The molecule has 1 unspecified atom stereocenters. The molecular formula is C63H93N9O39. The third-order valence-corrected chi connectivity index (χ3v) is 19.9. The lowest BCUT2D eigenvalue weighted by Crippen LogP contribution is -2.68. The summed E-state index contributed by atoms with van der Waals surface area (Å²) in [6, 6.07) is 4.26. The van der Waals surface area contributed by atoms with E-state index in [1.54, 1.807) is 0 Å². The van der Waals surface area contributed by atoms with E-state index in [1.165, 1.54) is 30.5 Å². The molecule has 23 heterocycles. The van der Waals surface area contributed by atoms with Crippen LogP contribution in [0.5, 0.6) is 0 Å². The Morgan fingerprint density at radius 1 is 0.450 bits per heavy atom. The molecule has 1 aromatic carbocycles. The van der Waals surface area contributed by atoms with Crippen LogP contribution in [0.1, 0.15) is 28.9 Å². The van der Waals surface area contributed by atoms with E-state index >= 15 is 0 Å². The van der Waals surface area contributed by atoms with E-state index in [2.05, 4.69) is 41.2 Å². The molecular weight excluding hydrogens is 1510 g/mol. The number of hydrogen-bond donors (Lipinski definition) is 27. The molecule has 3 aromatic rings. The molecule has 2 amide bonds. The van der Waals surface area contributed by atoms with Crippen molar-refractivity contribution in [1.82, 2.24) is 35.9 Å². The Hall–Kier alpha value is -5.95. The predicted octanol–water partition coefficient (Wildman–Crippen LogP) is -15.6. The number of amides is 2. The molecule has 21 aliphatic rings. The minimum atomic E-state index is -2.30. The second-order valence-electron chi connectivity index (χ2n) is 27.3. The first-order chi connectivity index (χ1) is 53.0. The molecule has 21 fully saturated rings. The molecule has 36 atom stereocenters. The van der Waals surface area contributed by atoms with Crippen molar-refractivity contribution in [2.24, 2.45) is 0 Å². The monoisotopic (exact) mass is 1600 g/mol. The second kappa shape index (κ2) is 37.8. The SMILES string of the molecule is Nc1nc2ncc(CNc3ccc(C(=O)NC(CCC(=O)NCCNC[C@H]4O[C@@H]5O[C@H]6[C@H](O)[C@@H](O)[C@@H](O[C@H]7[C@H](O)[C@@H](O)[C@@H](O[C@H]8[C@H](O)[C@@H](O)[C@@H](O[C@H]9[C@H](O)[C@@H](O)[C@@H](O[C@H]%10[C@H](O)[C@@H](O)[C@@H](O[C@H]%11[C@H](O)[C@@H](O)[C@@H](O[C@H]4[C@H](O)[C@H]5O)O[C@@H]%11CO)O[C@@H]%10CO)O[C@@H]9CO)O[C@@H]8CO)O[C@@H]7CO)O[C@@H]6CO)C(=O)O)cc3)nc2c(=O)[nH]1. The maximum atomic E-state index is 13.2. The van der Waals surface area contributed by atoms with Crippen LogP contribution in [0, 0.1) is 0 Å². The van der Waals surface area contributed by atoms with E-state index in [-0.39, 0.29) is 42.3 Å². The Balaban J connectivity index is 0.780. The number of carboxylic acids is 1. The molecule has 48 heteroatoms. The zero-order valence-corrected chi connectivity index (χ0v) is 58.3. The molecule has 14 bridgehead atoms. The Kier molecular flexibility index (Phi) is 29.2. The quantitative estimate of drug-likeness (QED) is 0.0467. The smallest absolute Gasteiger partial charge is 0.326 e. The lowest BCUT2D eigenvalue weighted by atomic mass is 9.95. The molecule has 21 saturated heterocycles. The highest BCUT2D eigenvalue weighted by Gasteiger charge is 2.60. The van der Waals surface area contributed by atoms with Gasteiger partial charge in [0.25, 0.3) is 11.5 Å². The number of carbonyl (C=O) groups is 3. The van der Waals surface area contributed by atoms with Crippen molar-refractivity contribution >= 4 is 40.6 Å². The fraction of sp³-hybridized carbons (Fsp3) is 0.762. The third kappa shape index (κ3) is 19.0. The summed E-state index contributed by atoms with van der Waals surface area (Å²) in [5.41, 5.74) is 5.90. The first kappa shape index (κ1) is 85.9. The number of H-pyrrole nitrogens is 1. The molecule has 48 nitrogen and oxygen atoms in total. The van der Waals surface area contributed by atoms with Gasteiger partial charge in [-0.15, -0.1) is 0 Å². The fourth-order valence-electron chi connectivity index (χ4n) is 13.8. The van der Waals surface area contributed by atoms with Gasteiger partial charge in [-0.05, 0) is 30.7 Å². The molecule has 2 aromatic heterocycles. The summed E-state index contributed by atoms with van der Waals surface area (Å²) in [6.07, 6.45) is -72.0. The first-order valence-electron chi connectivity index (χ1n) is 35.2. The minimum Gasteiger partial charge on any atom is -0.480 e. The number of carbonyl (C=O) groups excluding carboxylic acids is 2. The highest BCUT2D eigenvalue weighted by atomic mass is 16.8. The number of nitrogen functional groups attached to an aromatic ring is 1. The number of nitrogens with zero attached hydrogens (tertiary/aromatic N) is 3. The second-order valence-corrected chi connectivity index (χ2v) is 27.3. The average molecular weight is 1600 g/mol. The number of aliphatic hydroxyl groups excluding tert-OH is 20. The van der Waals surface area contributed by atoms with Crippen LogP contribution < -0.4 is 32.6 Å². The van der Waals surface area contributed by atoms with Gasteiger partial charge in [0.15, 0.2) is 55.2 Å². The normalized spacial score (nSPS) is 42.1. The number of ether oxygens (including phenoxy) is 14. The van der Waals surface area contributed by atoms with Crippen LogP contribution in [0.4, 0.5) is 11.6 Å². The number of nitrogens with two attached hydrogens (primary N) is 1. The first-order valence-corrected chi connectivity index (χ1v) is 35.2. The van der Waals surface area contributed by atoms with Crippen LogP contribution in [0.2, 0.25) is 0 Å². The van der Waals surface area contributed by atoms with Crippen LogP contribution in [-0.2, 0) is 82.4 Å². The van der Waals surface area contributed by atoms with Crippen LogP contribution in [0.3, 0.4) is 0 Å². The van der Waals surface area contributed by atoms with Crippen molar-refractivity contribution in [1.29, 1.82) is 0 Å². The summed E-state index contributed by atoms with van der Waals surface area (Å²) in [6.45, 7) is -7.43. The summed E-state index contributed by atoms with van der Waals surface area (Å²) < 4.78 is 81.5. The Morgan fingerprint density at radius 2 is 0.784 bits per heavy atom. The number of aliphatic hydroxyl groups is 20. The largest absolute Gasteiger partial charge is 0.480 e. The lowest BCUT2D eigenvalue weighted by molar-refractivity contribution is -0.396. The number of nitrogens with one attached hydrogen (secondary N) is 5. The van der Waals surface area contributed by atoms with Gasteiger partial charge in [-0.3, -0.25) is 19.4 Å². The summed E-state index contributed by atoms with van der Waals surface area (Å²) in [5.74, 6) is -3.12. The molecule has 21 aliphatic heterocycles. The zero-order valence-electron chi connectivity index (χ0n) is 58.3. The van der Waals surface area contributed by atoms with Crippen molar-refractivity contribution in [2.75, 3.05) is 70.3 Å². The molecule has 0 radical (unpaired) electrons. The summed E-state index contributed by atoms with van der Waals surface area (Å²) in [4.78, 5) is 65.7. The maximum Gasteiger partial charge on any atom is 0.326 e. The predicted molar refractivity (Wildman–Crippen MR) is 351 cm³/mol. The van der Waals surface area contributed by atoms with Crippen molar-refractivity contribution in [3.63, 3.8) is 0 Å². The van der Waals surface area contributed by atoms with Crippen molar-refractivity contribution in [3.05, 3.63) is 52.1 Å². The minimum absolute atomic E-state index is 0.0395. The summed E-state index contributed by atoms with van der Waals surface area (Å²) in [7, 11) is 0. The summed E-state index contributed by atoms with van der Waals surface area (Å²) >= 11 is 0. The number of aliphatic carboxylic acids is 1. The Labute approximate surface area is 625 Å². The summed E-state index contributed by atoms with van der Waals surface area (Å²) in [5, 5.41) is 246. The van der Waals surface area contributed by atoms with E-state index in [4.69, 9.17) is 72.0 Å². The van der Waals surface area contributed by atoms with Gasteiger partial charge in [-0.25, -0.2) is 14.8 Å². The number of benzene rings is 1. The Morgan fingerprint density at radius 3 is 1.12 bits per heavy atom. The molecule has 111 heavy (non-hydrogen) atoms. The van der Waals surface area contributed by atoms with Gasteiger partial charge in [0.2, 0.25) is 11.9 Å². The molecule has 0 spiro atoms. The van der Waals surface area contributed by atoms with Crippen LogP contribution >= 0.6 is 0 Å². The molecule has 24 rings (SSSR count). The van der Waals surface area contributed by atoms with E-state index < -0.39 is 303 Å². The topological polar surface area (TPSA) is 751 Å². The van der Waals surface area contributed by atoms with E-state index in [1.807, 2.05) is 0 Å². The van der Waals surface area contributed by atoms with Crippen molar-refractivity contribution < 1.29 is 188 Å². The van der Waals surface area contributed by atoms with Gasteiger partial charge in [-0.1, -0.05) is 0 Å².